The van der Waals surface area contributed by atoms with Gasteiger partial charge in [-0.05, 0) is 62.3 Å². The van der Waals surface area contributed by atoms with Gasteiger partial charge in [-0.1, -0.05) is 6.07 Å². The summed E-state index contributed by atoms with van der Waals surface area (Å²) in [5.74, 6) is -1.05. The highest BCUT2D eigenvalue weighted by atomic mass is 19.1. The Morgan fingerprint density at radius 2 is 1.96 bits per heavy atom. The molecule has 2 fully saturated rings. The van der Waals surface area contributed by atoms with E-state index in [1.165, 1.54) is 17.0 Å². The first-order valence-corrected chi connectivity index (χ1v) is 9.26. The molecule has 1 aliphatic heterocycles. The molecule has 3 atom stereocenters. The van der Waals surface area contributed by atoms with Crippen molar-refractivity contribution in [2.45, 2.75) is 56.7 Å². The lowest BCUT2D eigenvalue weighted by Crippen LogP contribution is -2.58. The molecule has 0 spiro atoms. The number of carboxylic acids is 1. The van der Waals surface area contributed by atoms with Gasteiger partial charge in [-0.15, -0.1) is 0 Å². The summed E-state index contributed by atoms with van der Waals surface area (Å²) < 4.78 is 13.9. The van der Waals surface area contributed by atoms with Crippen molar-refractivity contribution < 1.29 is 24.2 Å². The third-order valence-electron chi connectivity index (χ3n) is 5.98. The average Bonchev–Trinajstić information content (AvgIpc) is 3.37. The molecule has 2 saturated carbocycles. The zero-order valence-corrected chi connectivity index (χ0v) is 14.5. The van der Waals surface area contributed by atoms with E-state index in [1.807, 2.05) is 0 Å². The summed E-state index contributed by atoms with van der Waals surface area (Å²) in [6.07, 6.45) is 3.56. The second-order valence-electron chi connectivity index (χ2n) is 7.58. The minimum Gasteiger partial charge on any atom is -0.481 e. The lowest BCUT2D eigenvalue weighted by molar-refractivity contribution is -0.137. The van der Waals surface area contributed by atoms with E-state index in [-0.39, 0.29) is 24.4 Å². The number of rotatable bonds is 6. The number of carbonyl (C=O) groups is 2. The first-order chi connectivity index (χ1) is 12.5. The summed E-state index contributed by atoms with van der Waals surface area (Å²) in [6.45, 7) is 0.675. The molecule has 26 heavy (non-hydrogen) atoms. The average molecular weight is 362 g/mol. The van der Waals surface area contributed by atoms with Gasteiger partial charge in [0, 0.05) is 24.5 Å². The molecule has 4 rings (SSSR count). The molecule has 2 aliphatic carbocycles. The molecule has 2 N–H and O–H groups in total. The fourth-order valence-corrected chi connectivity index (χ4v) is 4.62. The summed E-state index contributed by atoms with van der Waals surface area (Å²) in [5.41, 5.74) is 1.31. The molecular weight excluding hydrogens is 339 g/mol. The molecule has 0 bridgehead atoms. The van der Waals surface area contributed by atoms with Gasteiger partial charge in [0.25, 0.3) is 0 Å². The van der Waals surface area contributed by atoms with Gasteiger partial charge in [0.15, 0.2) is 0 Å². The largest absolute Gasteiger partial charge is 0.481 e. The number of carboxylic acid groups (broad SMARTS) is 2. The molecule has 1 unspecified atom stereocenters. The van der Waals surface area contributed by atoms with Gasteiger partial charge in [-0.2, -0.15) is 0 Å². The minimum atomic E-state index is -1.03. The molecule has 1 amide bonds. The van der Waals surface area contributed by atoms with Gasteiger partial charge in [-0.25, -0.2) is 9.18 Å². The van der Waals surface area contributed by atoms with Crippen LogP contribution in [-0.2, 0) is 4.79 Å². The Labute approximate surface area is 151 Å². The second-order valence-corrected chi connectivity index (χ2v) is 7.58. The number of benzene rings is 1. The quantitative estimate of drug-likeness (QED) is 0.810. The van der Waals surface area contributed by atoms with Crippen LogP contribution in [0.4, 0.5) is 14.9 Å². The van der Waals surface area contributed by atoms with Gasteiger partial charge >= 0.3 is 12.1 Å². The molecule has 7 heteroatoms. The Morgan fingerprint density at radius 1 is 1.19 bits per heavy atom. The van der Waals surface area contributed by atoms with Gasteiger partial charge in [0.05, 0.1) is 5.69 Å². The molecule has 6 nitrogen and oxygen atoms in total. The topological polar surface area (TPSA) is 81.1 Å². The van der Waals surface area contributed by atoms with Crippen molar-refractivity contribution in [2.75, 3.05) is 11.4 Å². The Bertz CT molecular complexity index is 736. The first kappa shape index (κ1) is 17.3. The third kappa shape index (κ3) is 2.94. The van der Waals surface area contributed by atoms with E-state index in [9.17, 15) is 19.1 Å². The fourth-order valence-electron chi connectivity index (χ4n) is 4.62. The predicted molar refractivity (Wildman–Crippen MR) is 92.8 cm³/mol. The Balaban J connectivity index is 1.69. The van der Waals surface area contributed by atoms with E-state index >= 15 is 0 Å². The van der Waals surface area contributed by atoms with Gasteiger partial charge in [0.2, 0.25) is 0 Å². The molecule has 1 aromatic carbocycles. The molecule has 1 aromatic rings. The molecule has 1 heterocycles. The van der Waals surface area contributed by atoms with Crippen LogP contribution in [0.1, 0.15) is 50.1 Å². The van der Waals surface area contributed by atoms with Crippen molar-refractivity contribution in [2.24, 2.45) is 5.92 Å². The molecular formula is C19H23FN2O4. The highest BCUT2D eigenvalue weighted by Crippen LogP contribution is 2.54. The van der Waals surface area contributed by atoms with Crippen LogP contribution in [0, 0.1) is 11.7 Å². The normalized spacial score (nSPS) is 26.8. The maximum absolute atomic E-state index is 13.9. The number of hydrogen-bond acceptors (Lipinski definition) is 3. The standard InChI is InChI=1S/C19H23FN2O4/c20-11-3-6-14-16(10-11)22(19(25)26)15-8-7-13(15)18(14)21(12-4-5-12)9-1-2-17(23)24/h3,6,10,12-13,15,18H,1-2,4-5,7-9H2,(H,23,24)(H,25,26)/t13-,15-,18?/m0/s1. The third-order valence-corrected chi connectivity index (χ3v) is 5.98. The van der Waals surface area contributed by atoms with Crippen LogP contribution in [0.5, 0.6) is 0 Å². The van der Waals surface area contributed by atoms with Gasteiger partial charge in [0.1, 0.15) is 5.82 Å². The number of hydrogen-bond donors (Lipinski definition) is 2. The molecule has 0 saturated heterocycles. The lowest BCUT2D eigenvalue weighted by atomic mass is 9.68. The summed E-state index contributed by atoms with van der Waals surface area (Å²) in [5, 5.41) is 18.6. The lowest BCUT2D eigenvalue weighted by Gasteiger charge is -2.54. The second kappa shape index (κ2) is 6.54. The number of fused-ring (bicyclic) bond motifs is 2. The van der Waals surface area contributed by atoms with E-state index in [0.29, 0.717) is 24.7 Å². The summed E-state index contributed by atoms with van der Waals surface area (Å²) in [4.78, 5) is 26.4. The van der Waals surface area contributed by atoms with Crippen LogP contribution >= 0.6 is 0 Å². The van der Waals surface area contributed by atoms with Crippen LogP contribution in [0.3, 0.4) is 0 Å². The number of anilines is 1. The molecule has 0 radical (unpaired) electrons. The first-order valence-electron chi connectivity index (χ1n) is 9.26. The number of aliphatic carboxylic acids is 1. The van der Waals surface area contributed by atoms with E-state index < -0.39 is 17.9 Å². The Hall–Kier alpha value is -2.15. The van der Waals surface area contributed by atoms with Crippen molar-refractivity contribution in [3.8, 4) is 0 Å². The maximum Gasteiger partial charge on any atom is 0.412 e. The van der Waals surface area contributed by atoms with Crippen LogP contribution in [0.2, 0.25) is 0 Å². The van der Waals surface area contributed by atoms with Crippen LogP contribution in [0.25, 0.3) is 0 Å². The highest BCUT2D eigenvalue weighted by Gasteiger charge is 2.52. The van der Waals surface area contributed by atoms with Crippen molar-refractivity contribution in [1.29, 1.82) is 0 Å². The zero-order valence-electron chi connectivity index (χ0n) is 14.5. The van der Waals surface area contributed by atoms with Crippen molar-refractivity contribution in [1.82, 2.24) is 4.90 Å². The number of nitrogens with zero attached hydrogens (tertiary/aromatic N) is 2. The number of amides is 1. The number of halogens is 1. The Morgan fingerprint density at radius 3 is 2.54 bits per heavy atom. The van der Waals surface area contributed by atoms with Crippen molar-refractivity contribution in [3.63, 3.8) is 0 Å². The molecule has 0 aromatic heterocycles. The van der Waals surface area contributed by atoms with Crippen LogP contribution in [-0.4, -0.2) is 45.8 Å². The predicted octanol–water partition coefficient (Wildman–Crippen LogP) is 3.47. The maximum atomic E-state index is 13.9. The summed E-state index contributed by atoms with van der Waals surface area (Å²) in [7, 11) is 0. The SMILES string of the molecule is O=C(O)CCCN(C1CC1)C1c2ccc(F)cc2N(C(=O)O)[C@H]2CC[C@H]12. The monoisotopic (exact) mass is 362 g/mol. The molecule has 140 valence electrons. The summed E-state index contributed by atoms with van der Waals surface area (Å²) in [6, 6.07) is 4.78. The Kier molecular flexibility index (Phi) is 4.34. The van der Waals surface area contributed by atoms with Gasteiger partial charge < -0.3 is 10.2 Å². The minimum absolute atomic E-state index is 0.0428. The fraction of sp³-hybridized carbons (Fsp3) is 0.579. The molecule has 3 aliphatic rings. The van der Waals surface area contributed by atoms with Crippen molar-refractivity contribution >= 4 is 17.7 Å². The zero-order chi connectivity index (χ0) is 18.4. The van der Waals surface area contributed by atoms with E-state index in [2.05, 4.69) is 4.90 Å². The summed E-state index contributed by atoms with van der Waals surface area (Å²) >= 11 is 0. The van der Waals surface area contributed by atoms with E-state index in [4.69, 9.17) is 5.11 Å². The van der Waals surface area contributed by atoms with Gasteiger partial charge in [-0.3, -0.25) is 14.6 Å². The van der Waals surface area contributed by atoms with E-state index in [1.54, 1.807) is 6.07 Å². The van der Waals surface area contributed by atoms with Crippen molar-refractivity contribution in [3.05, 3.63) is 29.6 Å². The van der Waals surface area contributed by atoms with Crippen LogP contribution < -0.4 is 4.90 Å². The van der Waals surface area contributed by atoms with Crippen LogP contribution in [0.15, 0.2) is 18.2 Å². The highest BCUT2D eigenvalue weighted by molar-refractivity contribution is 5.89. The smallest absolute Gasteiger partial charge is 0.412 e. The van der Waals surface area contributed by atoms with E-state index in [0.717, 1.165) is 31.2 Å².